The normalized spacial score (nSPS) is 11.9. The number of amides is 2. The van der Waals surface area contributed by atoms with Crippen LogP contribution in [0.1, 0.15) is 11.1 Å². The Morgan fingerprint density at radius 3 is 2.26 bits per heavy atom. The SMILES string of the molecule is O=C(NCc1ccncc1)Nc1cc(CC(NS(=O)(=O)c2ccc(Cl)cc2)C(=O)O)ccc1-c1ccccc1. The van der Waals surface area contributed by atoms with Crippen LogP contribution >= 0.6 is 11.6 Å². The van der Waals surface area contributed by atoms with Crippen LogP contribution < -0.4 is 15.4 Å². The van der Waals surface area contributed by atoms with Gasteiger partial charge in [0.15, 0.2) is 0 Å². The molecule has 0 aliphatic rings. The number of aromatic nitrogens is 1. The zero-order valence-corrected chi connectivity index (χ0v) is 22.1. The average Bonchev–Trinajstić information content (AvgIpc) is 2.93. The first-order valence-corrected chi connectivity index (χ1v) is 13.7. The number of rotatable bonds is 10. The Morgan fingerprint density at radius 1 is 0.897 bits per heavy atom. The van der Waals surface area contributed by atoms with E-state index >= 15 is 0 Å². The fraction of sp³-hybridized carbons (Fsp3) is 0.107. The maximum Gasteiger partial charge on any atom is 0.322 e. The van der Waals surface area contributed by atoms with Gasteiger partial charge >= 0.3 is 12.0 Å². The molecule has 1 atom stereocenters. The summed E-state index contributed by atoms with van der Waals surface area (Å²) in [7, 11) is -4.13. The van der Waals surface area contributed by atoms with Crippen molar-refractivity contribution >= 4 is 39.3 Å². The molecule has 4 rings (SSSR count). The number of urea groups is 1. The van der Waals surface area contributed by atoms with Crippen LogP contribution in [-0.2, 0) is 27.8 Å². The van der Waals surface area contributed by atoms with Gasteiger partial charge in [0.1, 0.15) is 6.04 Å². The van der Waals surface area contributed by atoms with Crippen molar-refractivity contribution in [1.29, 1.82) is 0 Å². The van der Waals surface area contributed by atoms with Crippen LogP contribution in [0.3, 0.4) is 0 Å². The van der Waals surface area contributed by atoms with Gasteiger partial charge in [0.05, 0.1) is 10.6 Å². The van der Waals surface area contributed by atoms with Crippen LogP contribution in [0.15, 0.2) is 102 Å². The molecule has 0 saturated heterocycles. The van der Waals surface area contributed by atoms with Gasteiger partial charge in [0, 0.05) is 29.5 Å². The Labute approximate surface area is 230 Å². The quantitative estimate of drug-likeness (QED) is 0.220. The largest absolute Gasteiger partial charge is 0.480 e. The molecule has 0 fully saturated rings. The van der Waals surface area contributed by atoms with Crippen molar-refractivity contribution in [3.05, 3.63) is 113 Å². The third kappa shape index (κ3) is 7.64. The molecule has 0 aliphatic carbocycles. The van der Waals surface area contributed by atoms with E-state index in [0.29, 0.717) is 21.8 Å². The number of aliphatic carboxylic acids is 1. The number of nitrogens with one attached hydrogen (secondary N) is 3. The van der Waals surface area contributed by atoms with Gasteiger partial charge in [0.25, 0.3) is 0 Å². The molecule has 0 aliphatic heterocycles. The Morgan fingerprint density at radius 2 is 1.59 bits per heavy atom. The summed E-state index contributed by atoms with van der Waals surface area (Å²) in [5.74, 6) is -1.34. The second kappa shape index (κ2) is 12.5. The van der Waals surface area contributed by atoms with Crippen molar-refractivity contribution in [2.75, 3.05) is 5.32 Å². The van der Waals surface area contributed by atoms with Gasteiger partial charge in [-0.25, -0.2) is 13.2 Å². The van der Waals surface area contributed by atoms with E-state index in [-0.39, 0.29) is 17.9 Å². The van der Waals surface area contributed by atoms with E-state index in [2.05, 4.69) is 20.3 Å². The summed E-state index contributed by atoms with van der Waals surface area (Å²) in [5.41, 5.74) is 3.37. The van der Waals surface area contributed by atoms with Crippen molar-refractivity contribution in [2.24, 2.45) is 0 Å². The number of carbonyl (C=O) groups is 2. The number of carboxylic acids is 1. The van der Waals surface area contributed by atoms with Crippen molar-refractivity contribution in [2.45, 2.75) is 23.9 Å². The molecule has 4 N–H and O–H groups in total. The molecule has 39 heavy (non-hydrogen) atoms. The zero-order valence-electron chi connectivity index (χ0n) is 20.5. The summed E-state index contributed by atoms with van der Waals surface area (Å²) in [6.45, 7) is 0.280. The summed E-state index contributed by atoms with van der Waals surface area (Å²) < 4.78 is 27.9. The molecule has 2 amide bonds. The lowest BCUT2D eigenvalue weighted by atomic mass is 9.98. The molecule has 1 heterocycles. The fourth-order valence-electron chi connectivity index (χ4n) is 3.82. The number of hydrogen-bond donors (Lipinski definition) is 4. The lowest BCUT2D eigenvalue weighted by molar-refractivity contribution is -0.138. The van der Waals surface area contributed by atoms with Gasteiger partial charge in [0.2, 0.25) is 10.0 Å². The Balaban J connectivity index is 1.57. The molecular weight excluding hydrogens is 540 g/mol. The predicted molar refractivity (Wildman–Crippen MR) is 149 cm³/mol. The number of pyridine rings is 1. The first-order valence-electron chi connectivity index (χ1n) is 11.8. The molecule has 0 radical (unpaired) electrons. The van der Waals surface area contributed by atoms with E-state index in [9.17, 15) is 23.1 Å². The van der Waals surface area contributed by atoms with Gasteiger partial charge in [-0.15, -0.1) is 0 Å². The lowest BCUT2D eigenvalue weighted by Gasteiger charge is -2.18. The molecule has 11 heteroatoms. The molecule has 4 aromatic rings. The van der Waals surface area contributed by atoms with E-state index in [1.807, 2.05) is 30.3 Å². The second-order valence-electron chi connectivity index (χ2n) is 8.58. The first-order chi connectivity index (χ1) is 18.7. The van der Waals surface area contributed by atoms with E-state index in [0.717, 1.165) is 11.1 Å². The summed E-state index contributed by atoms with van der Waals surface area (Å²) >= 11 is 5.84. The van der Waals surface area contributed by atoms with E-state index < -0.39 is 28.1 Å². The van der Waals surface area contributed by atoms with Crippen LogP contribution in [0.4, 0.5) is 10.5 Å². The number of carboxylic acid groups (broad SMARTS) is 1. The molecule has 200 valence electrons. The van der Waals surface area contributed by atoms with Crippen LogP contribution in [0.25, 0.3) is 11.1 Å². The topological polar surface area (TPSA) is 137 Å². The van der Waals surface area contributed by atoms with Gasteiger partial charge in [-0.3, -0.25) is 9.78 Å². The van der Waals surface area contributed by atoms with Crippen LogP contribution in [0, 0.1) is 0 Å². The Hall–Kier alpha value is -4.25. The molecule has 0 bridgehead atoms. The number of hydrogen-bond acceptors (Lipinski definition) is 5. The predicted octanol–water partition coefficient (Wildman–Crippen LogP) is 4.70. The molecule has 1 unspecified atom stereocenters. The molecule has 0 saturated carbocycles. The number of sulfonamides is 1. The van der Waals surface area contributed by atoms with Gasteiger partial charge in [-0.05, 0) is 65.6 Å². The van der Waals surface area contributed by atoms with Gasteiger partial charge in [-0.1, -0.05) is 54.1 Å². The third-order valence-electron chi connectivity index (χ3n) is 5.78. The monoisotopic (exact) mass is 564 g/mol. The number of halogens is 1. The second-order valence-corrected chi connectivity index (χ2v) is 10.7. The van der Waals surface area contributed by atoms with Gasteiger partial charge < -0.3 is 15.7 Å². The first kappa shape index (κ1) is 27.8. The smallest absolute Gasteiger partial charge is 0.322 e. The number of anilines is 1. The highest BCUT2D eigenvalue weighted by atomic mass is 35.5. The van der Waals surface area contributed by atoms with Crippen molar-refractivity contribution in [1.82, 2.24) is 15.0 Å². The van der Waals surface area contributed by atoms with Crippen molar-refractivity contribution in [3.8, 4) is 11.1 Å². The molecule has 9 nitrogen and oxygen atoms in total. The summed E-state index contributed by atoms with van der Waals surface area (Å²) in [6, 6.07) is 21.5. The number of carbonyl (C=O) groups excluding carboxylic acids is 1. The van der Waals surface area contributed by atoms with Crippen LogP contribution in [0.2, 0.25) is 5.02 Å². The third-order valence-corrected chi connectivity index (χ3v) is 7.52. The minimum atomic E-state index is -4.13. The molecule has 0 spiro atoms. The number of benzene rings is 3. The maximum absolute atomic E-state index is 12.8. The minimum Gasteiger partial charge on any atom is -0.480 e. The van der Waals surface area contributed by atoms with Gasteiger partial charge in [-0.2, -0.15) is 4.72 Å². The fourth-order valence-corrected chi connectivity index (χ4v) is 5.14. The van der Waals surface area contributed by atoms with Crippen molar-refractivity contribution < 1.29 is 23.1 Å². The lowest BCUT2D eigenvalue weighted by Crippen LogP contribution is -2.42. The number of nitrogens with zero attached hydrogens (tertiary/aromatic N) is 1. The Bertz CT molecular complexity index is 1550. The molecular formula is C28H25ClN4O5S. The van der Waals surface area contributed by atoms with E-state index in [4.69, 9.17) is 11.6 Å². The summed E-state index contributed by atoms with van der Waals surface area (Å²) in [6.07, 6.45) is 3.10. The minimum absolute atomic E-state index is 0.106. The standard InChI is InChI=1S/C28H25ClN4O5S/c29-22-7-9-23(10-8-22)39(37,38)33-26(27(34)35)17-20-6-11-24(21-4-2-1-3-5-21)25(16-20)32-28(36)31-18-19-12-14-30-15-13-19/h1-16,26,33H,17-18H2,(H,34,35)(H2,31,32,36). The highest BCUT2D eigenvalue weighted by Gasteiger charge is 2.26. The van der Waals surface area contributed by atoms with E-state index in [1.165, 1.54) is 24.3 Å². The highest BCUT2D eigenvalue weighted by molar-refractivity contribution is 7.89. The van der Waals surface area contributed by atoms with Crippen molar-refractivity contribution in [3.63, 3.8) is 0 Å². The zero-order chi connectivity index (χ0) is 27.8. The maximum atomic E-state index is 12.8. The molecule has 1 aromatic heterocycles. The summed E-state index contributed by atoms with van der Waals surface area (Å²) in [5, 5.41) is 15.8. The summed E-state index contributed by atoms with van der Waals surface area (Å²) in [4.78, 5) is 28.6. The average molecular weight is 565 g/mol. The van der Waals surface area contributed by atoms with Crippen LogP contribution in [-0.4, -0.2) is 36.6 Å². The Kier molecular flexibility index (Phi) is 8.92. The molecule has 3 aromatic carbocycles. The van der Waals surface area contributed by atoms with E-state index in [1.54, 1.807) is 42.7 Å². The highest BCUT2D eigenvalue weighted by Crippen LogP contribution is 2.29. The van der Waals surface area contributed by atoms with Crippen LogP contribution in [0.5, 0.6) is 0 Å².